The highest BCUT2D eigenvalue weighted by atomic mass is 16.6. The maximum Gasteiger partial charge on any atom is 0.272 e. The number of benzene rings is 3. The topological polar surface area (TPSA) is 106 Å². The van der Waals surface area contributed by atoms with Gasteiger partial charge in [0.1, 0.15) is 11.4 Å². The molecule has 2 aromatic heterocycles. The molecule has 1 amide bonds. The van der Waals surface area contributed by atoms with Gasteiger partial charge >= 0.3 is 0 Å². The molecule has 0 aliphatic carbocycles. The molecule has 0 bridgehead atoms. The Labute approximate surface area is 230 Å². The minimum atomic E-state index is -0.409. The normalized spacial score (nSPS) is 13.4. The Balaban J connectivity index is 1.31. The number of nitro benzene ring substituents is 1. The summed E-state index contributed by atoms with van der Waals surface area (Å²) in [5.74, 6) is 0.547. The van der Waals surface area contributed by atoms with Crippen LogP contribution in [0, 0.1) is 10.1 Å². The maximum absolute atomic E-state index is 13.7. The molecule has 10 nitrogen and oxygen atoms in total. The fourth-order valence-electron chi connectivity index (χ4n) is 4.94. The average Bonchev–Trinajstić information content (AvgIpc) is 3.45. The van der Waals surface area contributed by atoms with E-state index in [9.17, 15) is 14.9 Å². The van der Waals surface area contributed by atoms with Crippen molar-refractivity contribution in [2.24, 2.45) is 0 Å². The van der Waals surface area contributed by atoms with Crippen molar-refractivity contribution < 1.29 is 14.5 Å². The maximum atomic E-state index is 13.7. The third-order valence-electron chi connectivity index (χ3n) is 7.07. The molecule has 3 heterocycles. The largest absolute Gasteiger partial charge is 0.497 e. The number of amides is 1. The summed E-state index contributed by atoms with van der Waals surface area (Å²) in [5.41, 5.74) is 5.18. The molecule has 1 saturated heterocycles. The Morgan fingerprint density at radius 2 is 1.60 bits per heavy atom. The summed E-state index contributed by atoms with van der Waals surface area (Å²) >= 11 is 0. The van der Waals surface area contributed by atoms with Gasteiger partial charge in [0.05, 0.1) is 23.4 Å². The van der Waals surface area contributed by atoms with Gasteiger partial charge in [0, 0.05) is 61.2 Å². The van der Waals surface area contributed by atoms with Crippen LogP contribution in [0.3, 0.4) is 0 Å². The van der Waals surface area contributed by atoms with Crippen LogP contribution in [0.5, 0.6) is 5.75 Å². The highest BCUT2D eigenvalue weighted by Crippen LogP contribution is 2.28. The molecule has 3 aromatic carbocycles. The molecule has 1 fully saturated rings. The number of aromatic nitrogens is 3. The van der Waals surface area contributed by atoms with Crippen LogP contribution in [0.2, 0.25) is 0 Å². The molecule has 0 radical (unpaired) electrons. The minimum absolute atomic E-state index is 0.0566. The smallest absolute Gasteiger partial charge is 0.272 e. The number of carbonyl (C=O) groups excluding carboxylic acids is 1. The van der Waals surface area contributed by atoms with Crippen LogP contribution >= 0.6 is 0 Å². The summed E-state index contributed by atoms with van der Waals surface area (Å²) in [6.07, 6.45) is 0. The molecule has 0 atom stereocenters. The number of rotatable bonds is 6. The molecule has 40 heavy (non-hydrogen) atoms. The quantitative estimate of drug-likeness (QED) is 0.224. The van der Waals surface area contributed by atoms with Gasteiger partial charge in [0.2, 0.25) is 0 Å². The predicted octanol–water partition coefficient (Wildman–Crippen LogP) is 4.94. The van der Waals surface area contributed by atoms with Gasteiger partial charge in [-0.3, -0.25) is 14.9 Å². The number of nitro groups is 1. The summed E-state index contributed by atoms with van der Waals surface area (Å²) in [4.78, 5) is 32.9. The van der Waals surface area contributed by atoms with Crippen LogP contribution < -0.4 is 9.64 Å². The van der Waals surface area contributed by atoms with Gasteiger partial charge < -0.3 is 14.5 Å². The predicted molar refractivity (Wildman–Crippen MR) is 152 cm³/mol. The van der Waals surface area contributed by atoms with E-state index in [0.717, 1.165) is 28.2 Å². The van der Waals surface area contributed by atoms with Crippen molar-refractivity contribution in [3.63, 3.8) is 0 Å². The highest BCUT2D eigenvalue weighted by Gasteiger charge is 2.25. The van der Waals surface area contributed by atoms with Crippen LogP contribution in [0.15, 0.2) is 91.0 Å². The Morgan fingerprint density at radius 1 is 0.875 bits per heavy atom. The zero-order valence-electron chi connectivity index (χ0n) is 21.8. The van der Waals surface area contributed by atoms with Crippen LogP contribution in [-0.2, 0) is 0 Å². The molecule has 6 rings (SSSR count). The van der Waals surface area contributed by atoms with Gasteiger partial charge in [0.25, 0.3) is 11.6 Å². The Morgan fingerprint density at radius 3 is 2.30 bits per heavy atom. The number of methoxy groups -OCH3 is 1. The second kappa shape index (κ2) is 10.5. The van der Waals surface area contributed by atoms with E-state index in [4.69, 9.17) is 14.8 Å². The number of non-ortho nitro benzene ring substituents is 1. The number of hydrogen-bond acceptors (Lipinski definition) is 7. The number of hydrogen-bond donors (Lipinski definition) is 0. The van der Waals surface area contributed by atoms with Crippen LogP contribution in [0.4, 0.5) is 11.4 Å². The molecule has 0 N–H and O–H groups in total. The summed E-state index contributed by atoms with van der Waals surface area (Å²) < 4.78 is 7.21. The summed E-state index contributed by atoms with van der Waals surface area (Å²) in [5, 5.41) is 15.8. The van der Waals surface area contributed by atoms with Crippen molar-refractivity contribution in [1.29, 1.82) is 0 Å². The Bertz CT molecular complexity index is 1690. The second-order valence-electron chi connectivity index (χ2n) is 9.48. The third kappa shape index (κ3) is 4.82. The number of carbonyl (C=O) groups is 1. The SMILES string of the molecule is COc1cccc(-c2cc(C(=O)N3CCN(c4ccc([N+](=O)[O-])cc4)CC3)nc3cc(-c4ccccc4)nn23)c1. The van der Waals surface area contributed by atoms with Gasteiger partial charge in [-0.05, 0) is 30.3 Å². The number of anilines is 1. The van der Waals surface area contributed by atoms with Crippen LogP contribution in [-0.4, -0.2) is 63.6 Å². The number of fused-ring (bicyclic) bond motifs is 1. The fourth-order valence-corrected chi connectivity index (χ4v) is 4.94. The van der Waals surface area contributed by atoms with Crippen molar-refractivity contribution in [3.8, 4) is 28.3 Å². The Hall–Kier alpha value is -5.25. The standard InChI is InChI=1S/C30H26N6O4/c1-40-25-9-5-8-22(18-25)28-19-27(31-29-20-26(32-35(28)29)21-6-3-2-4-7-21)30(37)34-16-14-33(15-17-34)23-10-12-24(13-11-23)36(38)39/h2-13,18-20H,14-17H2,1H3. The Kier molecular flexibility index (Phi) is 6.57. The third-order valence-corrected chi connectivity index (χ3v) is 7.07. The number of ether oxygens (including phenoxy) is 1. The van der Waals surface area contributed by atoms with Gasteiger partial charge in [-0.2, -0.15) is 5.10 Å². The monoisotopic (exact) mass is 534 g/mol. The average molecular weight is 535 g/mol. The van der Waals surface area contributed by atoms with Crippen molar-refractivity contribution in [1.82, 2.24) is 19.5 Å². The first kappa shape index (κ1) is 25.1. The van der Waals surface area contributed by atoms with Crippen molar-refractivity contribution in [2.75, 3.05) is 38.2 Å². The molecule has 5 aromatic rings. The lowest BCUT2D eigenvalue weighted by Crippen LogP contribution is -2.49. The van der Waals surface area contributed by atoms with E-state index in [2.05, 4.69) is 4.90 Å². The van der Waals surface area contributed by atoms with Gasteiger partial charge in [-0.15, -0.1) is 0 Å². The fraction of sp³-hybridized carbons (Fsp3) is 0.167. The first-order chi connectivity index (χ1) is 19.5. The van der Waals surface area contributed by atoms with Crippen LogP contribution in [0.1, 0.15) is 10.5 Å². The first-order valence-electron chi connectivity index (χ1n) is 12.9. The summed E-state index contributed by atoms with van der Waals surface area (Å²) in [6.45, 7) is 2.23. The van der Waals surface area contributed by atoms with Crippen molar-refractivity contribution in [3.05, 3.63) is 107 Å². The van der Waals surface area contributed by atoms with Gasteiger partial charge in [-0.1, -0.05) is 42.5 Å². The van der Waals surface area contributed by atoms with E-state index in [1.807, 2.05) is 60.7 Å². The molecular formula is C30H26N6O4. The zero-order valence-corrected chi connectivity index (χ0v) is 21.8. The zero-order chi connectivity index (χ0) is 27.6. The summed E-state index contributed by atoms with van der Waals surface area (Å²) in [7, 11) is 1.62. The van der Waals surface area contributed by atoms with Gasteiger partial charge in [-0.25, -0.2) is 9.50 Å². The number of nitrogens with zero attached hydrogens (tertiary/aromatic N) is 6. The molecule has 10 heteroatoms. The van der Waals surface area contributed by atoms with E-state index in [1.165, 1.54) is 12.1 Å². The number of piperazine rings is 1. The highest BCUT2D eigenvalue weighted by molar-refractivity contribution is 5.94. The van der Waals surface area contributed by atoms with E-state index in [0.29, 0.717) is 43.3 Å². The second-order valence-corrected chi connectivity index (χ2v) is 9.48. The molecule has 200 valence electrons. The van der Waals surface area contributed by atoms with Crippen LogP contribution in [0.25, 0.3) is 28.2 Å². The molecule has 0 spiro atoms. The molecule has 0 saturated carbocycles. The lowest BCUT2D eigenvalue weighted by Gasteiger charge is -2.36. The lowest BCUT2D eigenvalue weighted by atomic mass is 10.1. The molecule has 0 unspecified atom stereocenters. The van der Waals surface area contributed by atoms with Crippen molar-refractivity contribution in [2.45, 2.75) is 0 Å². The van der Waals surface area contributed by atoms with E-state index < -0.39 is 4.92 Å². The summed E-state index contributed by atoms with van der Waals surface area (Å²) in [6, 6.07) is 27.7. The van der Waals surface area contributed by atoms with E-state index in [-0.39, 0.29) is 11.6 Å². The van der Waals surface area contributed by atoms with E-state index >= 15 is 0 Å². The molecule has 1 aliphatic heterocycles. The molecular weight excluding hydrogens is 508 g/mol. The molecule has 1 aliphatic rings. The van der Waals surface area contributed by atoms with Crippen molar-refractivity contribution >= 4 is 22.9 Å². The van der Waals surface area contributed by atoms with Gasteiger partial charge in [0.15, 0.2) is 5.65 Å². The minimum Gasteiger partial charge on any atom is -0.497 e. The van der Waals surface area contributed by atoms with E-state index in [1.54, 1.807) is 34.7 Å². The first-order valence-corrected chi connectivity index (χ1v) is 12.9. The lowest BCUT2D eigenvalue weighted by molar-refractivity contribution is -0.384.